The summed E-state index contributed by atoms with van der Waals surface area (Å²) < 4.78 is 0. The first-order chi connectivity index (χ1) is 12.5. The third-order valence-electron chi connectivity index (χ3n) is 4.12. The number of amides is 3. The molecule has 3 amide bonds. The van der Waals surface area contributed by atoms with Crippen molar-refractivity contribution in [1.82, 2.24) is 20.2 Å². The van der Waals surface area contributed by atoms with Crippen molar-refractivity contribution in [2.75, 3.05) is 36.4 Å². The van der Waals surface area contributed by atoms with Crippen LogP contribution in [0.25, 0.3) is 0 Å². The lowest BCUT2D eigenvalue weighted by molar-refractivity contribution is -0.117. The summed E-state index contributed by atoms with van der Waals surface area (Å²) in [5.41, 5.74) is 0.854. The first kappa shape index (κ1) is 18.1. The van der Waals surface area contributed by atoms with Crippen LogP contribution >= 0.6 is 11.3 Å². The molecule has 0 saturated carbocycles. The van der Waals surface area contributed by atoms with Gasteiger partial charge in [0, 0.05) is 37.8 Å². The number of carbonyl (C=O) groups is 2. The zero-order valence-corrected chi connectivity index (χ0v) is 15.6. The molecule has 9 heteroatoms. The Balaban J connectivity index is 1.47. The van der Waals surface area contributed by atoms with Gasteiger partial charge in [-0.2, -0.15) is 0 Å². The highest BCUT2D eigenvalue weighted by Gasteiger charge is 2.24. The Labute approximate surface area is 156 Å². The average Bonchev–Trinajstić information content (AvgIpc) is 3.07. The topological polar surface area (TPSA) is 90.5 Å². The summed E-state index contributed by atoms with van der Waals surface area (Å²) in [4.78, 5) is 37.0. The number of rotatable bonds is 4. The van der Waals surface area contributed by atoms with Crippen LogP contribution in [0.1, 0.15) is 12.6 Å². The van der Waals surface area contributed by atoms with Gasteiger partial charge in [-0.25, -0.2) is 14.8 Å². The number of nitrogens with zero attached hydrogens (tertiary/aromatic N) is 4. The van der Waals surface area contributed by atoms with Gasteiger partial charge in [0.05, 0.1) is 5.69 Å². The van der Waals surface area contributed by atoms with Crippen LogP contribution in [0.2, 0.25) is 0 Å². The molecule has 2 N–H and O–H groups in total. The van der Waals surface area contributed by atoms with Gasteiger partial charge in [-0.05, 0) is 26.0 Å². The van der Waals surface area contributed by atoms with Crippen molar-refractivity contribution in [2.24, 2.45) is 0 Å². The maximum atomic E-state index is 12.4. The molecule has 26 heavy (non-hydrogen) atoms. The van der Waals surface area contributed by atoms with Crippen LogP contribution in [0, 0.1) is 6.92 Å². The lowest BCUT2D eigenvalue weighted by Gasteiger charge is -2.35. The van der Waals surface area contributed by atoms with E-state index in [4.69, 9.17) is 0 Å². The molecule has 1 aliphatic heterocycles. The quantitative estimate of drug-likeness (QED) is 0.850. The van der Waals surface area contributed by atoms with Gasteiger partial charge < -0.3 is 20.4 Å². The van der Waals surface area contributed by atoms with Crippen LogP contribution in [0.15, 0.2) is 29.8 Å². The summed E-state index contributed by atoms with van der Waals surface area (Å²) >= 11 is 1.36. The molecular formula is C17H22N6O2S. The fourth-order valence-corrected chi connectivity index (χ4v) is 3.34. The first-order valence-electron chi connectivity index (χ1n) is 8.47. The second-order valence-corrected chi connectivity index (χ2v) is 6.97. The predicted octanol–water partition coefficient (Wildman–Crippen LogP) is 1.71. The average molecular weight is 374 g/mol. The third-order valence-corrected chi connectivity index (χ3v) is 5.00. The Bertz CT molecular complexity index is 758. The van der Waals surface area contributed by atoms with E-state index in [0.29, 0.717) is 31.3 Å². The Kier molecular flexibility index (Phi) is 5.67. The van der Waals surface area contributed by atoms with Gasteiger partial charge in [-0.3, -0.25) is 4.79 Å². The van der Waals surface area contributed by atoms with Crippen molar-refractivity contribution in [2.45, 2.75) is 19.9 Å². The number of piperazine rings is 1. The molecule has 0 spiro atoms. The molecule has 2 aromatic rings. The molecule has 138 valence electrons. The minimum atomic E-state index is -0.638. The summed E-state index contributed by atoms with van der Waals surface area (Å²) in [6, 6.07) is 4.92. The van der Waals surface area contributed by atoms with E-state index in [0.717, 1.165) is 11.5 Å². The van der Waals surface area contributed by atoms with Crippen molar-refractivity contribution in [3.63, 3.8) is 0 Å². The Morgan fingerprint density at radius 3 is 2.62 bits per heavy atom. The summed E-state index contributed by atoms with van der Waals surface area (Å²) in [7, 11) is 0. The third kappa shape index (κ3) is 4.48. The fourth-order valence-electron chi connectivity index (χ4n) is 2.65. The number of thiazole rings is 1. The normalized spacial score (nSPS) is 15.5. The van der Waals surface area contributed by atoms with Crippen molar-refractivity contribution in [3.8, 4) is 0 Å². The highest BCUT2D eigenvalue weighted by Crippen LogP contribution is 2.15. The van der Waals surface area contributed by atoms with Gasteiger partial charge in [0.25, 0.3) is 0 Å². The van der Waals surface area contributed by atoms with Crippen LogP contribution in [0.5, 0.6) is 0 Å². The lowest BCUT2D eigenvalue weighted by Crippen LogP contribution is -2.54. The minimum absolute atomic E-state index is 0.233. The van der Waals surface area contributed by atoms with E-state index in [1.54, 1.807) is 18.0 Å². The van der Waals surface area contributed by atoms with E-state index in [2.05, 4.69) is 25.5 Å². The van der Waals surface area contributed by atoms with Crippen molar-refractivity contribution < 1.29 is 9.59 Å². The van der Waals surface area contributed by atoms with Crippen LogP contribution in [-0.4, -0.2) is 59.0 Å². The number of aromatic nitrogens is 2. The van der Waals surface area contributed by atoms with Gasteiger partial charge >= 0.3 is 6.03 Å². The van der Waals surface area contributed by atoms with Crippen molar-refractivity contribution in [3.05, 3.63) is 35.5 Å². The molecular weight excluding hydrogens is 352 g/mol. The number of hydrogen-bond donors (Lipinski definition) is 2. The SMILES string of the molecule is Cc1csc(NC(=O)C(C)NC(=O)N2CCN(c3ccccn3)CC2)n1. The maximum Gasteiger partial charge on any atom is 0.318 e. The molecule has 3 heterocycles. The Hall–Kier alpha value is -2.68. The second kappa shape index (κ2) is 8.13. The highest BCUT2D eigenvalue weighted by atomic mass is 32.1. The molecule has 8 nitrogen and oxygen atoms in total. The maximum absolute atomic E-state index is 12.4. The Morgan fingerprint density at radius 1 is 1.23 bits per heavy atom. The Morgan fingerprint density at radius 2 is 2.00 bits per heavy atom. The zero-order chi connectivity index (χ0) is 18.5. The summed E-state index contributed by atoms with van der Waals surface area (Å²) in [5.74, 6) is 0.638. The largest absolute Gasteiger partial charge is 0.353 e. The molecule has 1 fully saturated rings. The van der Waals surface area contributed by atoms with Gasteiger partial charge in [-0.1, -0.05) is 6.07 Å². The van der Waals surface area contributed by atoms with E-state index in [1.165, 1.54) is 11.3 Å². The molecule has 1 atom stereocenters. The predicted molar refractivity (Wildman–Crippen MR) is 101 cm³/mol. The first-order valence-corrected chi connectivity index (χ1v) is 9.35. The van der Waals surface area contributed by atoms with Gasteiger partial charge in [-0.15, -0.1) is 11.3 Å². The minimum Gasteiger partial charge on any atom is -0.353 e. The number of nitrogens with one attached hydrogen (secondary N) is 2. The molecule has 0 aromatic carbocycles. The molecule has 0 aliphatic carbocycles. The number of anilines is 2. The monoisotopic (exact) mass is 374 g/mol. The molecule has 2 aromatic heterocycles. The smallest absolute Gasteiger partial charge is 0.318 e. The standard InChI is InChI=1S/C17H22N6O2S/c1-12-11-26-16(19-12)21-15(24)13(2)20-17(25)23-9-7-22(8-10-23)14-5-3-4-6-18-14/h3-6,11,13H,7-10H2,1-2H3,(H,20,25)(H,19,21,24). The van der Waals surface area contributed by atoms with Crippen molar-refractivity contribution in [1.29, 1.82) is 0 Å². The number of aryl methyl sites for hydroxylation is 1. The summed E-state index contributed by atoms with van der Waals surface area (Å²) in [5, 5.41) is 7.87. The van der Waals surface area contributed by atoms with Crippen LogP contribution in [0.3, 0.4) is 0 Å². The van der Waals surface area contributed by atoms with Gasteiger partial charge in [0.1, 0.15) is 11.9 Å². The molecule has 0 bridgehead atoms. The van der Waals surface area contributed by atoms with Crippen LogP contribution in [0.4, 0.5) is 15.7 Å². The van der Waals surface area contributed by atoms with E-state index in [1.807, 2.05) is 30.5 Å². The molecule has 1 saturated heterocycles. The van der Waals surface area contributed by atoms with E-state index < -0.39 is 6.04 Å². The molecule has 1 aliphatic rings. The molecule has 3 rings (SSSR count). The van der Waals surface area contributed by atoms with E-state index in [9.17, 15) is 9.59 Å². The van der Waals surface area contributed by atoms with E-state index >= 15 is 0 Å². The number of carbonyl (C=O) groups excluding carboxylic acids is 2. The number of urea groups is 1. The van der Waals surface area contributed by atoms with Gasteiger partial charge in [0.2, 0.25) is 5.91 Å². The molecule has 0 radical (unpaired) electrons. The second-order valence-electron chi connectivity index (χ2n) is 6.12. The lowest BCUT2D eigenvalue weighted by atomic mass is 10.3. The zero-order valence-electron chi connectivity index (χ0n) is 14.8. The molecule has 1 unspecified atom stereocenters. The van der Waals surface area contributed by atoms with Crippen LogP contribution in [-0.2, 0) is 4.79 Å². The van der Waals surface area contributed by atoms with Crippen LogP contribution < -0.4 is 15.5 Å². The number of hydrogen-bond acceptors (Lipinski definition) is 6. The summed E-state index contributed by atoms with van der Waals surface area (Å²) in [6.45, 7) is 6.12. The number of pyridine rings is 1. The van der Waals surface area contributed by atoms with Crippen molar-refractivity contribution >= 4 is 34.2 Å². The van der Waals surface area contributed by atoms with E-state index in [-0.39, 0.29) is 11.9 Å². The highest BCUT2D eigenvalue weighted by molar-refractivity contribution is 7.13. The van der Waals surface area contributed by atoms with Gasteiger partial charge in [0.15, 0.2) is 5.13 Å². The summed E-state index contributed by atoms with van der Waals surface area (Å²) in [6.07, 6.45) is 1.76. The fraction of sp³-hybridized carbons (Fsp3) is 0.412.